The number of furan rings is 1. The van der Waals surface area contributed by atoms with Crippen molar-refractivity contribution in [3.8, 4) is 0 Å². The van der Waals surface area contributed by atoms with E-state index in [9.17, 15) is 0 Å². The Morgan fingerprint density at radius 3 is 2.78 bits per heavy atom. The molecule has 1 aliphatic heterocycles. The van der Waals surface area contributed by atoms with Crippen LogP contribution in [0.1, 0.15) is 31.1 Å². The molecule has 146 valence electrons. The van der Waals surface area contributed by atoms with Crippen molar-refractivity contribution in [3.05, 3.63) is 54.6 Å². The summed E-state index contributed by atoms with van der Waals surface area (Å²) >= 11 is 0. The van der Waals surface area contributed by atoms with Crippen LogP contribution in [-0.4, -0.2) is 35.4 Å². The molecule has 5 nitrogen and oxygen atoms in total. The Bertz CT molecular complexity index is 889. The fraction of sp³-hybridized carbons (Fsp3) is 0.350. The first-order chi connectivity index (χ1) is 12.2. The van der Waals surface area contributed by atoms with Gasteiger partial charge in [0.25, 0.3) is 0 Å². The van der Waals surface area contributed by atoms with E-state index in [1.54, 1.807) is 6.26 Å². The SMILES string of the molecule is CN1CCCC(n2ccc3cc(N=C(N)c4ccco4)ccc32)CC1.Cl.Cl. The molecule has 0 radical (unpaired) electrons. The van der Waals surface area contributed by atoms with E-state index in [1.165, 1.54) is 36.7 Å². The van der Waals surface area contributed by atoms with Crippen LogP contribution in [0.3, 0.4) is 0 Å². The Morgan fingerprint density at radius 1 is 1.15 bits per heavy atom. The van der Waals surface area contributed by atoms with Gasteiger partial charge in [0.15, 0.2) is 11.6 Å². The molecule has 2 N–H and O–H groups in total. The summed E-state index contributed by atoms with van der Waals surface area (Å²) in [6.07, 6.45) is 7.50. The molecule has 4 rings (SSSR count). The van der Waals surface area contributed by atoms with Crippen LogP contribution in [0.25, 0.3) is 10.9 Å². The van der Waals surface area contributed by atoms with Gasteiger partial charge in [0.1, 0.15) is 0 Å². The Hall–Kier alpha value is -1.95. The van der Waals surface area contributed by atoms with Crippen molar-refractivity contribution in [1.82, 2.24) is 9.47 Å². The third-order valence-corrected chi connectivity index (χ3v) is 5.04. The van der Waals surface area contributed by atoms with Crippen molar-refractivity contribution in [2.45, 2.75) is 25.3 Å². The molecule has 1 aliphatic rings. The van der Waals surface area contributed by atoms with Gasteiger partial charge in [-0.2, -0.15) is 0 Å². The van der Waals surface area contributed by atoms with Crippen molar-refractivity contribution >= 4 is 47.2 Å². The average Bonchev–Trinajstić information content (AvgIpc) is 3.23. The average molecular weight is 409 g/mol. The maximum Gasteiger partial charge on any atom is 0.168 e. The second-order valence-corrected chi connectivity index (χ2v) is 6.83. The topological polar surface area (TPSA) is 59.7 Å². The highest BCUT2D eigenvalue weighted by molar-refractivity contribution is 5.97. The quantitative estimate of drug-likeness (QED) is 0.501. The van der Waals surface area contributed by atoms with E-state index >= 15 is 0 Å². The number of nitrogens with two attached hydrogens (primary N) is 1. The molecule has 1 aromatic carbocycles. The first kappa shape index (κ1) is 21.4. The maximum atomic E-state index is 6.01. The van der Waals surface area contributed by atoms with Gasteiger partial charge in [0.05, 0.1) is 12.0 Å². The van der Waals surface area contributed by atoms with E-state index in [-0.39, 0.29) is 24.8 Å². The molecule has 2 aromatic heterocycles. The van der Waals surface area contributed by atoms with Crippen LogP contribution in [0.5, 0.6) is 0 Å². The fourth-order valence-corrected chi connectivity index (χ4v) is 3.66. The number of benzene rings is 1. The summed E-state index contributed by atoms with van der Waals surface area (Å²) in [4.78, 5) is 6.91. The highest BCUT2D eigenvalue weighted by Crippen LogP contribution is 2.29. The zero-order valence-electron chi connectivity index (χ0n) is 15.4. The number of halogens is 2. The van der Waals surface area contributed by atoms with Crippen LogP contribution in [0.15, 0.2) is 58.3 Å². The predicted octanol–water partition coefficient (Wildman–Crippen LogP) is 4.77. The number of nitrogens with zero attached hydrogens (tertiary/aromatic N) is 3. The fourth-order valence-electron chi connectivity index (χ4n) is 3.66. The Kier molecular flexibility index (Phi) is 7.36. The predicted molar refractivity (Wildman–Crippen MR) is 116 cm³/mol. The zero-order valence-corrected chi connectivity index (χ0v) is 17.0. The summed E-state index contributed by atoms with van der Waals surface area (Å²) < 4.78 is 7.72. The summed E-state index contributed by atoms with van der Waals surface area (Å²) in [6.45, 7) is 2.35. The molecule has 1 saturated heterocycles. The van der Waals surface area contributed by atoms with Crippen molar-refractivity contribution in [2.75, 3.05) is 20.1 Å². The molecule has 3 heterocycles. The molecule has 0 saturated carbocycles. The molecule has 0 bridgehead atoms. The highest BCUT2D eigenvalue weighted by Gasteiger charge is 2.17. The molecule has 0 amide bonds. The second-order valence-electron chi connectivity index (χ2n) is 6.83. The van der Waals surface area contributed by atoms with Crippen LogP contribution < -0.4 is 5.73 Å². The van der Waals surface area contributed by atoms with Gasteiger partial charge in [-0.1, -0.05) is 0 Å². The molecule has 7 heteroatoms. The normalized spacial score (nSPS) is 18.6. The lowest BCUT2D eigenvalue weighted by Gasteiger charge is -2.18. The summed E-state index contributed by atoms with van der Waals surface area (Å²) in [7, 11) is 2.21. The lowest BCUT2D eigenvalue weighted by molar-refractivity contribution is 0.342. The van der Waals surface area contributed by atoms with Gasteiger partial charge in [0, 0.05) is 23.1 Å². The van der Waals surface area contributed by atoms with Gasteiger partial charge in [-0.25, -0.2) is 4.99 Å². The van der Waals surface area contributed by atoms with E-state index < -0.39 is 0 Å². The van der Waals surface area contributed by atoms with E-state index in [1.807, 2.05) is 18.2 Å². The second kappa shape index (κ2) is 9.31. The van der Waals surface area contributed by atoms with Crippen molar-refractivity contribution in [3.63, 3.8) is 0 Å². The summed E-state index contributed by atoms with van der Waals surface area (Å²) in [5.41, 5.74) is 8.13. The Balaban J connectivity index is 0.00000131. The largest absolute Gasteiger partial charge is 0.461 e. The van der Waals surface area contributed by atoms with Crippen LogP contribution in [0, 0.1) is 0 Å². The van der Waals surface area contributed by atoms with E-state index in [2.05, 4.69) is 45.9 Å². The number of likely N-dealkylation sites (tertiary alicyclic amines) is 1. The monoisotopic (exact) mass is 408 g/mol. The molecule has 0 aliphatic carbocycles. The van der Waals surface area contributed by atoms with E-state index in [0.717, 1.165) is 12.2 Å². The highest BCUT2D eigenvalue weighted by atomic mass is 35.5. The number of amidine groups is 1. The van der Waals surface area contributed by atoms with Gasteiger partial charge in [-0.15, -0.1) is 24.8 Å². The molecule has 1 unspecified atom stereocenters. The van der Waals surface area contributed by atoms with Gasteiger partial charge in [-0.3, -0.25) is 0 Å². The minimum atomic E-state index is 0. The number of hydrogen-bond donors (Lipinski definition) is 1. The summed E-state index contributed by atoms with van der Waals surface area (Å²) in [5.74, 6) is 0.996. The number of fused-ring (bicyclic) bond motifs is 1. The minimum Gasteiger partial charge on any atom is -0.461 e. The molecular weight excluding hydrogens is 383 g/mol. The smallest absolute Gasteiger partial charge is 0.168 e. The third kappa shape index (κ3) is 4.67. The molecule has 27 heavy (non-hydrogen) atoms. The van der Waals surface area contributed by atoms with Gasteiger partial charge >= 0.3 is 0 Å². The Labute approximate surface area is 172 Å². The van der Waals surface area contributed by atoms with Crippen LogP contribution in [0.2, 0.25) is 0 Å². The standard InChI is InChI=1S/C20H24N4O.2ClH/c1-23-10-2-4-17(9-11-23)24-12-8-15-14-16(6-7-18(15)24)22-20(21)19-5-3-13-25-19;;/h3,5-8,12-14,17H,2,4,9-11H2,1H3,(H2,21,22);2*1H. The lowest BCUT2D eigenvalue weighted by atomic mass is 10.1. The van der Waals surface area contributed by atoms with Crippen molar-refractivity contribution in [2.24, 2.45) is 10.7 Å². The van der Waals surface area contributed by atoms with Gasteiger partial charge in [-0.05, 0) is 75.8 Å². The van der Waals surface area contributed by atoms with E-state index in [4.69, 9.17) is 10.2 Å². The number of hydrogen-bond acceptors (Lipinski definition) is 3. The number of aliphatic imine (C=N–C) groups is 1. The maximum absolute atomic E-state index is 6.01. The van der Waals surface area contributed by atoms with Crippen LogP contribution in [0.4, 0.5) is 5.69 Å². The molecule has 3 aromatic rings. The zero-order chi connectivity index (χ0) is 17.2. The lowest BCUT2D eigenvalue weighted by Crippen LogP contribution is -2.19. The molecule has 0 spiro atoms. The molecular formula is C20H26Cl2N4O. The van der Waals surface area contributed by atoms with Gasteiger partial charge in [0.2, 0.25) is 0 Å². The Morgan fingerprint density at radius 2 is 2.00 bits per heavy atom. The van der Waals surface area contributed by atoms with Crippen LogP contribution in [-0.2, 0) is 0 Å². The first-order valence-corrected chi connectivity index (χ1v) is 8.88. The van der Waals surface area contributed by atoms with Crippen molar-refractivity contribution < 1.29 is 4.42 Å². The molecule has 1 atom stereocenters. The van der Waals surface area contributed by atoms with Gasteiger partial charge < -0.3 is 19.6 Å². The number of rotatable bonds is 3. The third-order valence-electron chi connectivity index (χ3n) is 5.04. The minimum absolute atomic E-state index is 0. The molecule has 1 fully saturated rings. The van der Waals surface area contributed by atoms with Crippen LogP contribution >= 0.6 is 24.8 Å². The summed E-state index contributed by atoms with van der Waals surface area (Å²) in [6, 6.07) is 12.6. The van der Waals surface area contributed by atoms with Crippen molar-refractivity contribution in [1.29, 1.82) is 0 Å². The number of aromatic nitrogens is 1. The first-order valence-electron chi connectivity index (χ1n) is 8.88. The van der Waals surface area contributed by atoms with E-state index in [0.29, 0.717) is 17.6 Å². The summed E-state index contributed by atoms with van der Waals surface area (Å²) in [5, 5.41) is 1.20.